The maximum absolute atomic E-state index is 6.83. The quantitative estimate of drug-likeness (QED) is 0.0541. The Labute approximate surface area is 304 Å². The highest BCUT2D eigenvalue weighted by Gasteiger charge is 2.38. The van der Waals surface area contributed by atoms with Crippen LogP contribution in [0.5, 0.6) is 5.75 Å². The van der Waals surface area contributed by atoms with Crippen LogP contribution in [-0.4, -0.2) is 15.4 Å². The van der Waals surface area contributed by atoms with Gasteiger partial charge in [0.2, 0.25) is 0 Å². The third kappa shape index (κ3) is 7.47. The zero-order valence-corrected chi connectivity index (χ0v) is 31.9. The molecule has 1 radical (unpaired) electrons. The third-order valence-electron chi connectivity index (χ3n) is 10.7. The lowest BCUT2D eigenvalue weighted by atomic mass is 9.85. The van der Waals surface area contributed by atoms with Crippen molar-refractivity contribution in [2.24, 2.45) is 0 Å². The van der Waals surface area contributed by atoms with Crippen molar-refractivity contribution >= 4 is 8.80 Å². The van der Waals surface area contributed by atoms with E-state index in [1.54, 1.807) is 0 Å². The Morgan fingerprint density at radius 2 is 1.26 bits per heavy atom. The van der Waals surface area contributed by atoms with Crippen LogP contribution >= 0.6 is 0 Å². The van der Waals surface area contributed by atoms with Crippen LogP contribution in [0.1, 0.15) is 94.0 Å². The molecule has 1 unspecified atom stereocenters. The summed E-state index contributed by atoms with van der Waals surface area (Å²) in [4.78, 5) is 0. The monoisotopic (exact) mass is 675 g/mol. The molecular weight excluding hydrogens is 621 g/mol. The summed E-state index contributed by atoms with van der Waals surface area (Å²) in [6, 6.07) is 41.6. The molecule has 5 aromatic rings. The lowest BCUT2D eigenvalue weighted by molar-refractivity contribution is 0.360. The Bertz CT molecular complexity index is 1870. The van der Waals surface area contributed by atoms with Crippen molar-refractivity contribution in [1.82, 2.24) is 0 Å². The maximum atomic E-state index is 6.83. The largest absolute Gasteiger partial charge is 0.489 e. The molecule has 1 atom stereocenters. The molecule has 0 amide bonds. The molecule has 1 nitrogen and oxygen atoms in total. The Morgan fingerprint density at radius 1 is 0.620 bits per heavy atom. The number of hydrogen-bond donors (Lipinski definition) is 0. The fourth-order valence-corrected chi connectivity index (χ4v) is 10.8. The van der Waals surface area contributed by atoms with E-state index in [1.807, 2.05) is 6.08 Å². The molecule has 1 aliphatic carbocycles. The van der Waals surface area contributed by atoms with Crippen molar-refractivity contribution in [1.29, 1.82) is 0 Å². The molecule has 0 fully saturated rings. The van der Waals surface area contributed by atoms with Crippen molar-refractivity contribution in [2.45, 2.75) is 96.7 Å². The fourth-order valence-electron chi connectivity index (χ4n) is 8.13. The molecule has 0 saturated heterocycles. The minimum atomic E-state index is -0.790. The molecule has 5 aromatic carbocycles. The summed E-state index contributed by atoms with van der Waals surface area (Å²) >= 11 is 0. The van der Waals surface area contributed by atoms with E-state index >= 15 is 0 Å². The second-order valence-electron chi connectivity index (χ2n) is 13.9. The van der Waals surface area contributed by atoms with Crippen LogP contribution in [0.15, 0.2) is 116 Å². The van der Waals surface area contributed by atoms with Crippen LogP contribution in [0.3, 0.4) is 0 Å². The van der Waals surface area contributed by atoms with Gasteiger partial charge in [0.25, 0.3) is 0 Å². The predicted molar refractivity (Wildman–Crippen MR) is 219 cm³/mol. The summed E-state index contributed by atoms with van der Waals surface area (Å²) in [5.41, 5.74) is 16.9. The van der Waals surface area contributed by atoms with Gasteiger partial charge in [-0.1, -0.05) is 175 Å². The van der Waals surface area contributed by atoms with E-state index in [9.17, 15) is 0 Å². The molecule has 1 aliphatic rings. The standard InChI is InChI=1S/C48H55OSi/c1-6-11-15-21-35-32-39(26-16-12-7-2)47(49-31-8-3)44(33-35)45-40(37-24-19-14-20-25-37)29-30-42-41-28-27-38(36-22-17-13-18-23-36)34-43(41)48(46(42)45)50(9-4)10-5/h8,13-14,17-20,22-25,27-30,32-34,48H,3,6-7,9-12,15-16,21,26,31H2,1-2,4-5H3. The van der Waals surface area contributed by atoms with Crippen molar-refractivity contribution in [3.63, 3.8) is 0 Å². The smallest absolute Gasteiger partial charge is 0.130 e. The van der Waals surface area contributed by atoms with Gasteiger partial charge < -0.3 is 4.74 Å². The Hall–Kier alpha value is -4.14. The molecule has 0 spiro atoms. The normalized spacial score (nSPS) is 13.3. The van der Waals surface area contributed by atoms with E-state index in [1.165, 1.54) is 117 Å². The van der Waals surface area contributed by atoms with Crippen molar-refractivity contribution < 1.29 is 4.74 Å². The Morgan fingerprint density at radius 3 is 1.92 bits per heavy atom. The van der Waals surface area contributed by atoms with Crippen molar-refractivity contribution in [3.8, 4) is 50.3 Å². The minimum Gasteiger partial charge on any atom is -0.489 e. The Balaban J connectivity index is 1.68. The molecule has 2 heteroatoms. The lowest BCUT2D eigenvalue weighted by Gasteiger charge is -2.27. The first kappa shape index (κ1) is 35.7. The van der Waals surface area contributed by atoms with Gasteiger partial charge in [0.15, 0.2) is 0 Å². The first-order chi connectivity index (χ1) is 24.6. The molecule has 6 rings (SSSR count). The van der Waals surface area contributed by atoms with Crippen molar-refractivity contribution in [2.75, 3.05) is 6.61 Å². The first-order valence-corrected chi connectivity index (χ1v) is 21.3. The highest BCUT2D eigenvalue weighted by Crippen LogP contribution is 2.55. The summed E-state index contributed by atoms with van der Waals surface area (Å²) < 4.78 is 6.83. The predicted octanol–water partition coefficient (Wildman–Crippen LogP) is 13.9. The highest BCUT2D eigenvalue weighted by atomic mass is 28.3. The van der Waals surface area contributed by atoms with Gasteiger partial charge in [-0.15, -0.1) is 0 Å². The second-order valence-corrected chi connectivity index (χ2v) is 17.2. The van der Waals surface area contributed by atoms with Gasteiger partial charge in [0, 0.05) is 11.1 Å². The van der Waals surface area contributed by atoms with Crippen LogP contribution in [0.4, 0.5) is 0 Å². The average Bonchev–Trinajstić information content (AvgIpc) is 3.49. The molecule has 0 bridgehead atoms. The van der Waals surface area contributed by atoms with Crippen LogP contribution in [0, 0.1) is 0 Å². The lowest BCUT2D eigenvalue weighted by Crippen LogP contribution is -2.22. The van der Waals surface area contributed by atoms with E-state index in [2.05, 4.69) is 137 Å². The van der Waals surface area contributed by atoms with E-state index in [0.29, 0.717) is 12.1 Å². The van der Waals surface area contributed by atoms with Crippen LogP contribution < -0.4 is 4.74 Å². The zero-order valence-electron chi connectivity index (χ0n) is 30.9. The van der Waals surface area contributed by atoms with Gasteiger partial charge in [-0.25, -0.2) is 0 Å². The van der Waals surface area contributed by atoms with E-state index in [-0.39, 0.29) is 0 Å². The number of fused-ring (bicyclic) bond motifs is 3. The average molecular weight is 676 g/mol. The molecular formula is C48H55OSi. The zero-order chi connectivity index (χ0) is 34.9. The van der Waals surface area contributed by atoms with Crippen LogP contribution in [0.2, 0.25) is 12.1 Å². The number of rotatable bonds is 17. The molecule has 0 aromatic heterocycles. The summed E-state index contributed by atoms with van der Waals surface area (Å²) in [7, 11) is -0.790. The van der Waals surface area contributed by atoms with Gasteiger partial charge in [-0.05, 0) is 92.9 Å². The molecule has 257 valence electrons. The number of hydrogen-bond acceptors (Lipinski definition) is 1. The van der Waals surface area contributed by atoms with E-state index in [4.69, 9.17) is 4.74 Å². The molecule has 0 saturated carbocycles. The fraction of sp³-hybridized carbons (Fsp3) is 0.333. The van der Waals surface area contributed by atoms with Gasteiger partial charge in [-0.2, -0.15) is 0 Å². The van der Waals surface area contributed by atoms with E-state index < -0.39 is 8.80 Å². The molecule has 50 heavy (non-hydrogen) atoms. The van der Waals surface area contributed by atoms with Crippen LogP contribution in [-0.2, 0) is 12.8 Å². The summed E-state index contributed by atoms with van der Waals surface area (Å²) in [5, 5.41) is 0. The third-order valence-corrected chi connectivity index (χ3v) is 13.9. The summed E-state index contributed by atoms with van der Waals surface area (Å²) in [6.45, 7) is 14.0. The van der Waals surface area contributed by atoms with Gasteiger partial charge in [-0.3, -0.25) is 0 Å². The molecule has 0 heterocycles. The van der Waals surface area contributed by atoms with Gasteiger partial charge >= 0.3 is 0 Å². The molecule has 0 aliphatic heterocycles. The highest BCUT2D eigenvalue weighted by molar-refractivity contribution is 6.62. The summed E-state index contributed by atoms with van der Waals surface area (Å²) in [6.07, 6.45) is 11.3. The molecule has 0 N–H and O–H groups in total. The second kappa shape index (κ2) is 17.2. The SMILES string of the molecule is C=CCOc1c(CCCCC)cc(CCCCC)cc1-c1c(-c2ccccc2)ccc2c1C([Si](CC)CC)c1cc(-c3ccccc3)ccc1-2. The number of benzene rings is 5. The first-order valence-electron chi connectivity index (χ1n) is 19.3. The van der Waals surface area contributed by atoms with Crippen LogP contribution in [0.25, 0.3) is 44.5 Å². The minimum absolute atomic E-state index is 0.391. The van der Waals surface area contributed by atoms with Crippen molar-refractivity contribution in [3.05, 3.63) is 138 Å². The topological polar surface area (TPSA) is 9.23 Å². The summed E-state index contributed by atoms with van der Waals surface area (Å²) in [5.74, 6) is 1.06. The van der Waals surface area contributed by atoms with Gasteiger partial charge in [0.1, 0.15) is 12.4 Å². The Kier molecular flexibility index (Phi) is 12.3. The maximum Gasteiger partial charge on any atom is 0.130 e. The number of ether oxygens (including phenoxy) is 1. The number of aryl methyl sites for hydroxylation is 2. The number of unbranched alkanes of at least 4 members (excludes halogenated alkanes) is 4. The van der Waals surface area contributed by atoms with E-state index in [0.717, 1.165) is 18.6 Å². The van der Waals surface area contributed by atoms with Gasteiger partial charge in [0.05, 0.1) is 8.80 Å².